The summed E-state index contributed by atoms with van der Waals surface area (Å²) in [7, 11) is 0. The van der Waals surface area contributed by atoms with Gasteiger partial charge in [0.15, 0.2) is 0 Å². The molecule has 20 heavy (non-hydrogen) atoms. The maximum atomic E-state index is 12.3. The van der Waals surface area contributed by atoms with Gasteiger partial charge in [-0.25, -0.2) is 4.98 Å². The van der Waals surface area contributed by atoms with Gasteiger partial charge in [0.1, 0.15) is 5.01 Å². The number of hydrogen-bond acceptors (Lipinski definition) is 5. The van der Waals surface area contributed by atoms with Crippen molar-refractivity contribution in [2.75, 3.05) is 5.43 Å². The van der Waals surface area contributed by atoms with Crippen molar-refractivity contribution in [1.82, 2.24) is 10.3 Å². The summed E-state index contributed by atoms with van der Waals surface area (Å²) in [6, 6.07) is 4.73. The molecule has 0 aliphatic rings. The molecule has 0 fully saturated rings. The second-order valence-electron chi connectivity index (χ2n) is 4.34. The van der Waals surface area contributed by atoms with Gasteiger partial charge >= 0.3 is 0 Å². The molecule has 5 nitrogen and oxygen atoms in total. The van der Waals surface area contributed by atoms with E-state index >= 15 is 0 Å². The Morgan fingerprint density at radius 3 is 2.85 bits per heavy atom. The van der Waals surface area contributed by atoms with E-state index in [-0.39, 0.29) is 11.9 Å². The fourth-order valence-electron chi connectivity index (χ4n) is 1.74. The van der Waals surface area contributed by atoms with Crippen LogP contribution in [0.2, 0.25) is 5.02 Å². The molecule has 1 aromatic carbocycles. The first-order valence-electron chi connectivity index (χ1n) is 6.00. The number of aryl methyl sites for hydroxylation is 1. The second kappa shape index (κ2) is 6.21. The lowest BCUT2D eigenvalue weighted by molar-refractivity contribution is 0.0940. The number of anilines is 1. The molecule has 1 atom stereocenters. The van der Waals surface area contributed by atoms with Gasteiger partial charge in [-0.1, -0.05) is 11.6 Å². The number of amides is 1. The maximum Gasteiger partial charge on any atom is 0.254 e. The number of nitrogens with two attached hydrogens (primary N) is 1. The lowest BCUT2D eigenvalue weighted by atomic mass is 10.1. The van der Waals surface area contributed by atoms with Gasteiger partial charge in [0.2, 0.25) is 0 Å². The van der Waals surface area contributed by atoms with Crippen LogP contribution >= 0.6 is 22.9 Å². The number of nitrogen functional groups attached to an aromatic ring is 1. The number of hydrazine groups is 1. The summed E-state index contributed by atoms with van der Waals surface area (Å²) in [4.78, 5) is 17.6. The predicted molar refractivity (Wildman–Crippen MR) is 82.0 cm³/mol. The van der Waals surface area contributed by atoms with Gasteiger partial charge in [0, 0.05) is 16.1 Å². The first kappa shape index (κ1) is 14.8. The number of rotatable bonds is 4. The Morgan fingerprint density at radius 2 is 2.25 bits per heavy atom. The van der Waals surface area contributed by atoms with Crippen molar-refractivity contribution < 1.29 is 4.79 Å². The fourth-order valence-corrected chi connectivity index (χ4v) is 2.69. The van der Waals surface area contributed by atoms with Gasteiger partial charge in [-0.2, -0.15) is 0 Å². The van der Waals surface area contributed by atoms with Crippen molar-refractivity contribution in [3.63, 3.8) is 0 Å². The summed E-state index contributed by atoms with van der Waals surface area (Å²) in [6.45, 7) is 3.86. The van der Waals surface area contributed by atoms with Crippen LogP contribution in [0.1, 0.15) is 33.2 Å². The van der Waals surface area contributed by atoms with Crippen LogP contribution in [0.15, 0.2) is 24.4 Å². The highest BCUT2D eigenvalue weighted by Gasteiger charge is 2.17. The van der Waals surface area contributed by atoms with E-state index in [1.807, 2.05) is 13.8 Å². The standard InChI is InChI=1S/C13H15ClN4OS/c1-7-6-16-13(20-7)8(2)17-12(19)10-5-9(14)3-4-11(10)18-15/h3-6,8,18H,15H2,1-2H3,(H,17,19). The molecule has 4 N–H and O–H groups in total. The first-order chi connectivity index (χ1) is 9.51. The zero-order valence-electron chi connectivity index (χ0n) is 11.1. The molecule has 0 saturated heterocycles. The molecule has 1 unspecified atom stereocenters. The number of carbonyl (C=O) groups is 1. The van der Waals surface area contributed by atoms with Crippen LogP contribution in [0.3, 0.4) is 0 Å². The van der Waals surface area contributed by atoms with Gasteiger partial charge in [0.05, 0.1) is 17.3 Å². The first-order valence-corrected chi connectivity index (χ1v) is 7.20. The number of hydrogen-bond donors (Lipinski definition) is 3. The Hall–Kier alpha value is -1.63. The Kier molecular flexibility index (Phi) is 4.59. The molecule has 0 spiro atoms. The van der Waals surface area contributed by atoms with E-state index in [0.29, 0.717) is 16.3 Å². The molecular weight excluding hydrogens is 296 g/mol. The van der Waals surface area contributed by atoms with Crippen LogP contribution in [0.5, 0.6) is 0 Å². The number of halogens is 1. The summed E-state index contributed by atoms with van der Waals surface area (Å²) >= 11 is 7.47. The Balaban J connectivity index is 2.18. The second-order valence-corrected chi connectivity index (χ2v) is 6.04. The number of thiazole rings is 1. The van der Waals surface area contributed by atoms with Crippen molar-refractivity contribution in [1.29, 1.82) is 0 Å². The monoisotopic (exact) mass is 310 g/mol. The van der Waals surface area contributed by atoms with E-state index in [9.17, 15) is 4.79 Å². The molecule has 1 heterocycles. The number of nitrogens with one attached hydrogen (secondary N) is 2. The minimum atomic E-state index is -0.249. The summed E-state index contributed by atoms with van der Waals surface area (Å²) in [5.74, 6) is 5.15. The molecule has 0 aliphatic heterocycles. The largest absolute Gasteiger partial charge is 0.343 e. The SMILES string of the molecule is Cc1cnc(C(C)NC(=O)c2cc(Cl)ccc2NN)s1. The molecule has 0 saturated carbocycles. The zero-order valence-corrected chi connectivity index (χ0v) is 12.7. The zero-order chi connectivity index (χ0) is 14.7. The highest BCUT2D eigenvalue weighted by molar-refractivity contribution is 7.11. The van der Waals surface area contributed by atoms with Crippen molar-refractivity contribution in [3.05, 3.63) is 44.9 Å². The minimum absolute atomic E-state index is 0.175. The summed E-state index contributed by atoms with van der Waals surface area (Å²) in [6.07, 6.45) is 1.79. The predicted octanol–water partition coefficient (Wildman–Crippen LogP) is 2.88. The fraction of sp³-hybridized carbons (Fsp3) is 0.231. The van der Waals surface area contributed by atoms with Crippen LogP contribution < -0.4 is 16.6 Å². The minimum Gasteiger partial charge on any atom is -0.343 e. The number of aromatic nitrogens is 1. The molecule has 0 radical (unpaired) electrons. The van der Waals surface area contributed by atoms with Crippen LogP contribution in [-0.2, 0) is 0 Å². The quantitative estimate of drug-likeness (QED) is 0.599. The Morgan fingerprint density at radius 1 is 1.50 bits per heavy atom. The molecule has 0 aliphatic carbocycles. The molecule has 1 aromatic heterocycles. The van der Waals surface area contributed by atoms with Crippen molar-refractivity contribution >= 4 is 34.5 Å². The van der Waals surface area contributed by atoms with Gasteiger partial charge in [-0.3, -0.25) is 10.6 Å². The lowest BCUT2D eigenvalue weighted by Crippen LogP contribution is -2.28. The van der Waals surface area contributed by atoms with E-state index in [4.69, 9.17) is 17.4 Å². The summed E-state index contributed by atoms with van der Waals surface area (Å²) < 4.78 is 0. The van der Waals surface area contributed by atoms with E-state index < -0.39 is 0 Å². The molecule has 7 heteroatoms. The average molecular weight is 311 g/mol. The third-order valence-electron chi connectivity index (χ3n) is 2.74. The van der Waals surface area contributed by atoms with Gasteiger partial charge in [-0.15, -0.1) is 11.3 Å². The van der Waals surface area contributed by atoms with Gasteiger partial charge < -0.3 is 10.7 Å². The maximum absolute atomic E-state index is 12.3. The number of nitrogens with zero attached hydrogens (tertiary/aromatic N) is 1. The number of carbonyl (C=O) groups excluding carboxylic acids is 1. The molecule has 0 bridgehead atoms. The Labute approximate surface area is 126 Å². The van der Waals surface area contributed by atoms with Crippen LogP contribution in [-0.4, -0.2) is 10.9 Å². The van der Waals surface area contributed by atoms with Gasteiger partial charge in [0.25, 0.3) is 5.91 Å². The molecule has 106 valence electrons. The highest BCUT2D eigenvalue weighted by atomic mass is 35.5. The number of benzene rings is 1. The molecule has 2 rings (SSSR count). The van der Waals surface area contributed by atoms with E-state index in [2.05, 4.69) is 15.7 Å². The highest BCUT2D eigenvalue weighted by Crippen LogP contribution is 2.22. The summed E-state index contributed by atoms with van der Waals surface area (Å²) in [5, 5.41) is 4.22. The Bertz CT molecular complexity index is 629. The molecule has 2 aromatic rings. The topological polar surface area (TPSA) is 80.0 Å². The normalized spacial score (nSPS) is 12.0. The lowest BCUT2D eigenvalue weighted by Gasteiger charge is -2.14. The van der Waals surface area contributed by atoms with E-state index in [1.54, 1.807) is 35.7 Å². The molecule has 1 amide bonds. The van der Waals surface area contributed by atoms with Crippen LogP contribution in [0.4, 0.5) is 5.69 Å². The average Bonchev–Trinajstić information content (AvgIpc) is 2.85. The van der Waals surface area contributed by atoms with Gasteiger partial charge in [-0.05, 0) is 32.0 Å². The third-order valence-corrected chi connectivity index (χ3v) is 4.07. The summed E-state index contributed by atoms with van der Waals surface area (Å²) in [5.41, 5.74) is 3.41. The van der Waals surface area contributed by atoms with Crippen LogP contribution in [0.25, 0.3) is 0 Å². The third kappa shape index (κ3) is 3.27. The van der Waals surface area contributed by atoms with E-state index in [1.165, 1.54) is 0 Å². The molecular formula is C13H15ClN4OS. The van der Waals surface area contributed by atoms with Crippen molar-refractivity contribution in [3.8, 4) is 0 Å². The van der Waals surface area contributed by atoms with Crippen molar-refractivity contribution in [2.45, 2.75) is 19.9 Å². The van der Waals surface area contributed by atoms with Crippen molar-refractivity contribution in [2.24, 2.45) is 5.84 Å². The van der Waals surface area contributed by atoms with E-state index in [0.717, 1.165) is 9.88 Å². The van der Waals surface area contributed by atoms with Crippen LogP contribution in [0, 0.1) is 6.92 Å². The smallest absolute Gasteiger partial charge is 0.254 e.